The number of nitrogens with one attached hydrogen (secondary N) is 2. The van der Waals surface area contributed by atoms with Crippen LogP contribution in [0.2, 0.25) is 5.02 Å². The Hall–Kier alpha value is -1.59. The van der Waals surface area contributed by atoms with Crippen LogP contribution in [-0.2, 0) is 0 Å². The number of fused-ring (bicyclic) bond motifs is 1. The minimum absolute atomic E-state index is 0.0936. The largest absolute Gasteiger partial charge is 0.340 e. The zero-order chi connectivity index (χ0) is 11.8. The van der Waals surface area contributed by atoms with Crippen LogP contribution in [0.3, 0.4) is 0 Å². The van der Waals surface area contributed by atoms with Gasteiger partial charge in [0, 0.05) is 5.69 Å². The van der Waals surface area contributed by atoms with Crippen molar-refractivity contribution in [3.63, 3.8) is 0 Å². The van der Waals surface area contributed by atoms with E-state index in [-0.39, 0.29) is 5.02 Å². The Morgan fingerprint density at radius 2 is 2.24 bits per heavy atom. The normalized spacial score (nSPS) is 10.9. The van der Waals surface area contributed by atoms with Crippen molar-refractivity contribution in [3.05, 3.63) is 40.5 Å². The fourth-order valence-electron chi connectivity index (χ4n) is 1.56. The van der Waals surface area contributed by atoms with E-state index >= 15 is 0 Å². The minimum atomic E-state index is -0.428. The van der Waals surface area contributed by atoms with Crippen molar-refractivity contribution in [2.75, 3.05) is 5.32 Å². The van der Waals surface area contributed by atoms with Crippen molar-refractivity contribution < 1.29 is 4.39 Å². The second kappa shape index (κ2) is 4.01. The van der Waals surface area contributed by atoms with Crippen LogP contribution in [0.1, 0.15) is 0 Å². The first-order valence-electron chi connectivity index (χ1n) is 4.88. The maximum absolute atomic E-state index is 13.0. The van der Waals surface area contributed by atoms with E-state index in [0.29, 0.717) is 5.69 Å². The highest BCUT2D eigenvalue weighted by Gasteiger charge is 2.07. The first-order valence-corrected chi connectivity index (χ1v) is 6.13. The van der Waals surface area contributed by atoms with E-state index in [9.17, 15) is 4.39 Å². The van der Waals surface area contributed by atoms with Gasteiger partial charge in [0.15, 0.2) is 0 Å². The molecule has 0 saturated carbocycles. The number of thiophene rings is 1. The van der Waals surface area contributed by atoms with Gasteiger partial charge in [-0.25, -0.2) is 4.39 Å². The van der Waals surface area contributed by atoms with Crippen LogP contribution in [0.15, 0.2) is 29.6 Å². The summed E-state index contributed by atoms with van der Waals surface area (Å²) in [7, 11) is 0. The summed E-state index contributed by atoms with van der Waals surface area (Å²) in [5.74, 6) is 0.353. The van der Waals surface area contributed by atoms with Gasteiger partial charge in [-0.3, -0.25) is 5.10 Å². The Kier molecular flexibility index (Phi) is 2.49. The summed E-state index contributed by atoms with van der Waals surface area (Å²) < 4.78 is 13.0. The molecule has 0 atom stereocenters. The number of benzene rings is 1. The van der Waals surface area contributed by atoms with Crippen molar-refractivity contribution >= 4 is 44.7 Å². The van der Waals surface area contributed by atoms with Gasteiger partial charge >= 0.3 is 0 Å². The summed E-state index contributed by atoms with van der Waals surface area (Å²) >= 11 is 7.27. The fourth-order valence-corrected chi connectivity index (χ4v) is 2.47. The first kappa shape index (κ1) is 10.6. The number of hydrogen-bond donors (Lipinski definition) is 2. The van der Waals surface area contributed by atoms with Gasteiger partial charge in [-0.1, -0.05) is 11.6 Å². The van der Waals surface area contributed by atoms with Crippen molar-refractivity contribution in [3.8, 4) is 0 Å². The van der Waals surface area contributed by atoms with Crippen molar-refractivity contribution in [1.29, 1.82) is 0 Å². The highest BCUT2D eigenvalue weighted by molar-refractivity contribution is 7.16. The van der Waals surface area contributed by atoms with E-state index in [2.05, 4.69) is 15.5 Å². The lowest BCUT2D eigenvalue weighted by atomic mass is 10.3. The molecule has 2 heterocycles. The Morgan fingerprint density at radius 1 is 1.35 bits per heavy atom. The number of aromatic amines is 1. The summed E-state index contributed by atoms with van der Waals surface area (Å²) in [5, 5.41) is 13.2. The summed E-state index contributed by atoms with van der Waals surface area (Å²) in [6.07, 6.45) is 0. The van der Waals surface area contributed by atoms with E-state index in [1.165, 1.54) is 12.1 Å². The molecule has 6 heteroatoms. The molecule has 1 aromatic carbocycles. The van der Waals surface area contributed by atoms with E-state index in [0.717, 1.165) is 16.0 Å². The number of H-pyrrole nitrogens is 1. The SMILES string of the molecule is Fc1ccc(Nc2[nH]nc3sccc23)cc1Cl. The molecule has 3 aromatic rings. The number of nitrogens with zero attached hydrogens (tertiary/aromatic N) is 1. The molecule has 2 aromatic heterocycles. The average molecular weight is 268 g/mol. The topological polar surface area (TPSA) is 40.7 Å². The van der Waals surface area contributed by atoms with Gasteiger partial charge in [0.25, 0.3) is 0 Å². The molecule has 0 unspecified atom stereocenters. The monoisotopic (exact) mass is 267 g/mol. The van der Waals surface area contributed by atoms with Crippen LogP contribution >= 0.6 is 22.9 Å². The predicted octanol–water partition coefficient (Wildman–Crippen LogP) is 4.16. The Labute approximate surface area is 105 Å². The number of anilines is 2. The maximum Gasteiger partial charge on any atom is 0.147 e. The molecule has 3 rings (SSSR count). The van der Waals surface area contributed by atoms with Crippen molar-refractivity contribution in [1.82, 2.24) is 10.2 Å². The van der Waals surface area contributed by atoms with Crippen molar-refractivity contribution in [2.45, 2.75) is 0 Å². The fraction of sp³-hybridized carbons (Fsp3) is 0. The quantitative estimate of drug-likeness (QED) is 0.732. The highest BCUT2D eigenvalue weighted by atomic mass is 35.5. The molecule has 0 bridgehead atoms. The van der Waals surface area contributed by atoms with Gasteiger partial charge < -0.3 is 5.32 Å². The van der Waals surface area contributed by atoms with E-state index in [4.69, 9.17) is 11.6 Å². The molecular weight excluding hydrogens is 261 g/mol. The van der Waals surface area contributed by atoms with E-state index < -0.39 is 5.82 Å². The Bertz CT molecular complexity index is 676. The third-order valence-electron chi connectivity index (χ3n) is 2.37. The summed E-state index contributed by atoms with van der Waals surface area (Å²) in [6.45, 7) is 0. The van der Waals surface area contributed by atoms with Gasteiger partial charge in [-0.2, -0.15) is 5.10 Å². The molecule has 0 aliphatic rings. The molecule has 0 spiro atoms. The van der Waals surface area contributed by atoms with Crippen LogP contribution in [0.5, 0.6) is 0 Å². The molecule has 0 fully saturated rings. The van der Waals surface area contributed by atoms with Crippen LogP contribution in [-0.4, -0.2) is 10.2 Å². The highest BCUT2D eigenvalue weighted by Crippen LogP contribution is 2.28. The standard InChI is InChI=1S/C11H7ClFN3S/c12-8-5-6(1-2-9(8)13)14-10-7-3-4-17-11(7)16-15-10/h1-5H,(H2,14,15,16). The Balaban J connectivity index is 1.97. The molecule has 0 aliphatic carbocycles. The van der Waals surface area contributed by atoms with Gasteiger partial charge in [0.1, 0.15) is 16.5 Å². The second-order valence-corrected chi connectivity index (χ2v) is 4.79. The number of halogens is 2. The summed E-state index contributed by atoms with van der Waals surface area (Å²) in [6, 6.07) is 6.46. The lowest BCUT2D eigenvalue weighted by Gasteiger charge is -2.04. The van der Waals surface area contributed by atoms with E-state index in [1.807, 2.05) is 11.4 Å². The Morgan fingerprint density at radius 3 is 3.06 bits per heavy atom. The third kappa shape index (κ3) is 1.87. The molecule has 17 heavy (non-hydrogen) atoms. The van der Waals surface area contributed by atoms with Gasteiger partial charge in [0.05, 0.1) is 10.4 Å². The molecule has 3 nitrogen and oxygen atoms in total. The summed E-state index contributed by atoms with van der Waals surface area (Å²) in [4.78, 5) is 0.931. The molecule has 86 valence electrons. The molecule has 0 amide bonds. The number of hydrogen-bond acceptors (Lipinski definition) is 3. The smallest absolute Gasteiger partial charge is 0.147 e. The zero-order valence-corrected chi connectivity index (χ0v) is 10.1. The third-order valence-corrected chi connectivity index (χ3v) is 3.47. The van der Waals surface area contributed by atoms with Crippen LogP contribution in [0.4, 0.5) is 15.9 Å². The number of aromatic nitrogens is 2. The first-order chi connectivity index (χ1) is 8.24. The molecule has 2 N–H and O–H groups in total. The van der Waals surface area contributed by atoms with Crippen LogP contribution in [0.25, 0.3) is 10.2 Å². The zero-order valence-electron chi connectivity index (χ0n) is 8.50. The predicted molar refractivity (Wildman–Crippen MR) is 68.7 cm³/mol. The molecule has 0 radical (unpaired) electrons. The average Bonchev–Trinajstić information content (AvgIpc) is 2.88. The molecule has 0 saturated heterocycles. The molecular formula is C11H7ClFN3S. The molecule has 0 aliphatic heterocycles. The van der Waals surface area contributed by atoms with Crippen LogP contribution in [0, 0.1) is 5.82 Å². The van der Waals surface area contributed by atoms with E-state index in [1.54, 1.807) is 17.4 Å². The summed E-state index contributed by atoms with van der Waals surface area (Å²) in [5.41, 5.74) is 0.716. The number of rotatable bonds is 2. The second-order valence-electron chi connectivity index (χ2n) is 3.49. The maximum atomic E-state index is 13.0. The van der Waals surface area contributed by atoms with Gasteiger partial charge in [-0.05, 0) is 29.6 Å². The lowest BCUT2D eigenvalue weighted by molar-refractivity contribution is 0.628. The lowest BCUT2D eigenvalue weighted by Crippen LogP contribution is -1.91. The van der Waals surface area contributed by atoms with Gasteiger partial charge in [-0.15, -0.1) is 11.3 Å². The van der Waals surface area contributed by atoms with Crippen LogP contribution < -0.4 is 5.32 Å². The minimum Gasteiger partial charge on any atom is -0.340 e. The van der Waals surface area contributed by atoms with Crippen molar-refractivity contribution in [2.24, 2.45) is 0 Å². The van der Waals surface area contributed by atoms with Gasteiger partial charge in [0.2, 0.25) is 0 Å².